The number of aromatic nitrogens is 1. The van der Waals surface area contributed by atoms with E-state index in [0.717, 1.165) is 11.1 Å². The van der Waals surface area contributed by atoms with Gasteiger partial charge in [-0.05, 0) is 37.1 Å². The Kier molecular flexibility index (Phi) is 4.58. The van der Waals surface area contributed by atoms with Gasteiger partial charge in [-0.2, -0.15) is 0 Å². The maximum absolute atomic E-state index is 5.51. The molecule has 0 aromatic carbocycles. The molecule has 0 spiro atoms. The van der Waals surface area contributed by atoms with Crippen molar-refractivity contribution in [3.8, 4) is 11.6 Å². The average molecular weight is 219 g/mol. The Bertz CT molecular complexity index is 348. The molecule has 1 aromatic rings. The molecule has 0 aliphatic carbocycles. The Labute approximate surface area is 96.4 Å². The number of nitrogens with zero attached hydrogens (tertiary/aromatic N) is 1. The Hall–Kier alpha value is -1.77. The quantitative estimate of drug-likeness (QED) is 0.689. The van der Waals surface area contributed by atoms with Crippen molar-refractivity contribution in [3.63, 3.8) is 0 Å². The van der Waals surface area contributed by atoms with Gasteiger partial charge in [0.1, 0.15) is 13.2 Å². The molecule has 1 heterocycles. The van der Waals surface area contributed by atoms with Gasteiger partial charge in [-0.3, -0.25) is 0 Å². The molecule has 0 bridgehead atoms. The molecule has 0 atom stereocenters. The maximum Gasteiger partial charge on any atom is 0.257 e. The number of pyridine rings is 1. The van der Waals surface area contributed by atoms with Crippen LogP contribution in [0.1, 0.15) is 13.8 Å². The molecule has 0 saturated carbocycles. The Morgan fingerprint density at radius 2 is 1.81 bits per heavy atom. The Morgan fingerprint density at radius 3 is 2.44 bits per heavy atom. The molecule has 0 aliphatic rings. The zero-order chi connectivity index (χ0) is 12.0. The van der Waals surface area contributed by atoms with Gasteiger partial charge in [-0.25, -0.2) is 4.98 Å². The van der Waals surface area contributed by atoms with Gasteiger partial charge in [0.2, 0.25) is 0 Å². The second kappa shape index (κ2) is 5.95. The summed E-state index contributed by atoms with van der Waals surface area (Å²) in [6.07, 6.45) is 1.67. The number of ether oxygens (including phenoxy) is 2. The van der Waals surface area contributed by atoms with Crippen LogP contribution in [0.5, 0.6) is 11.6 Å². The fourth-order valence-corrected chi connectivity index (χ4v) is 0.987. The van der Waals surface area contributed by atoms with Crippen molar-refractivity contribution < 1.29 is 9.47 Å². The Balaban J connectivity index is 2.67. The van der Waals surface area contributed by atoms with E-state index >= 15 is 0 Å². The summed E-state index contributed by atoms with van der Waals surface area (Å²) in [6, 6.07) is 3.63. The van der Waals surface area contributed by atoms with Crippen LogP contribution in [0, 0.1) is 0 Å². The molecule has 0 aliphatic heterocycles. The van der Waals surface area contributed by atoms with E-state index < -0.39 is 0 Å². The van der Waals surface area contributed by atoms with E-state index in [2.05, 4.69) is 18.1 Å². The second-order valence-corrected chi connectivity index (χ2v) is 3.80. The summed E-state index contributed by atoms with van der Waals surface area (Å²) in [4.78, 5) is 4.11. The van der Waals surface area contributed by atoms with Crippen LogP contribution in [-0.2, 0) is 0 Å². The first kappa shape index (κ1) is 12.3. The zero-order valence-electron chi connectivity index (χ0n) is 9.82. The fourth-order valence-electron chi connectivity index (χ4n) is 0.987. The van der Waals surface area contributed by atoms with Gasteiger partial charge in [0.15, 0.2) is 5.75 Å². The van der Waals surface area contributed by atoms with E-state index in [1.54, 1.807) is 12.3 Å². The van der Waals surface area contributed by atoms with E-state index in [9.17, 15) is 0 Å². The van der Waals surface area contributed by atoms with Crippen molar-refractivity contribution in [3.05, 3.63) is 42.6 Å². The zero-order valence-corrected chi connectivity index (χ0v) is 9.82. The molecule has 1 rings (SSSR count). The van der Waals surface area contributed by atoms with Gasteiger partial charge < -0.3 is 9.47 Å². The van der Waals surface area contributed by atoms with Gasteiger partial charge >= 0.3 is 0 Å². The molecule has 0 amide bonds. The van der Waals surface area contributed by atoms with Crippen LogP contribution >= 0.6 is 0 Å². The van der Waals surface area contributed by atoms with Gasteiger partial charge in [0, 0.05) is 6.20 Å². The van der Waals surface area contributed by atoms with Crippen molar-refractivity contribution in [2.75, 3.05) is 13.2 Å². The molecule has 0 unspecified atom stereocenters. The topological polar surface area (TPSA) is 31.4 Å². The van der Waals surface area contributed by atoms with E-state index in [-0.39, 0.29) is 0 Å². The predicted molar refractivity (Wildman–Crippen MR) is 64.9 cm³/mol. The van der Waals surface area contributed by atoms with Crippen LogP contribution in [0.15, 0.2) is 42.6 Å². The molecule has 16 heavy (non-hydrogen) atoms. The van der Waals surface area contributed by atoms with E-state index in [1.165, 1.54) is 0 Å². The van der Waals surface area contributed by atoms with Crippen LogP contribution < -0.4 is 9.47 Å². The number of rotatable bonds is 6. The van der Waals surface area contributed by atoms with Crippen molar-refractivity contribution in [1.82, 2.24) is 4.98 Å². The largest absolute Gasteiger partial charge is 0.484 e. The predicted octanol–water partition coefficient (Wildman–Crippen LogP) is 2.99. The smallest absolute Gasteiger partial charge is 0.257 e. The van der Waals surface area contributed by atoms with Crippen molar-refractivity contribution in [2.24, 2.45) is 0 Å². The molecule has 3 heteroatoms. The molecule has 86 valence electrons. The van der Waals surface area contributed by atoms with Crippen LogP contribution in [0.3, 0.4) is 0 Å². The lowest BCUT2D eigenvalue weighted by molar-refractivity contribution is 0.289. The number of hydrogen-bond donors (Lipinski definition) is 0. The third kappa shape index (κ3) is 4.17. The highest BCUT2D eigenvalue weighted by Gasteiger charge is 2.05. The maximum atomic E-state index is 5.51. The fraction of sp³-hybridized carbons (Fsp3) is 0.308. The van der Waals surface area contributed by atoms with Gasteiger partial charge in [-0.15, -0.1) is 0 Å². The molecule has 0 saturated heterocycles. The van der Waals surface area contributed by atoms with E-state index in [4.69, 9.17) is 9.47 Å². The first-order chi connectivity index (χ1) is 7.59. The molecular formula is C13H17NO2. The molecule has 3 nitrogen and oxygen atoms in total. The van der Waals surface area contributed by atoms with Gasteiger partial charge in [-0.1, -0.05) is 13.2 Å². The van der Waals surface area contributed by atoms with Crippen molar-refractivity contribution >= 4 is 0 Å². The van der Waals surface area contributed by atoms with Gasteiger partial charge in [0.25, 0.3) is 5.88 Å². The molecule has 0 N–H and O–H groups in total. The minimum absolute atomic E-state index is 0.445. The van der Waals surface area contributed by atoms with Crippen molar-refractivity contribution in [1.29, 1.82) is 0 Å². The first-order valence-electron chi connectivity index (χ1n) is 5.09. The average Bonchev–Trinajstić information content (AvgIpc) is 2.24. The molecular weight excluding hydrogens is 202 g/mol. The highest BCUT2D eigenvalue weighted by Crippen LogP contribution is 2.24. The van der Waals surface area contributed by atoms with Crippen LogP contribution in [0.4, 0.5) is 0 Å². The second-order valence-electron chi connectivity index (χ2n) is 3.80. The van der Waals surface area contributed by atoms with Gasteiger partial charge in [0.05, 0.1) is 0 Å². The molecule has 0 radical (unpaired) electrons. The van der Waals surface area contributed by atoms with Crippen LogP contribution in [-0.4, -0.2) is 18.2 Å². The number of hydrogen-bond acceptors (Lipinski definition) is 3. The summed E-state index contributed by atoms with van der Waals surface area (Å²) < 4.78 is 11.0. The third-order valence-electron chi connectivity index (χ3n) is 1.67. The SMILES string of the molecule is C=C(C)COc1cccnc1OCC(=C)C. The standard InChI is InChI=1S/C13H17NO2/c1-10(2)8-15-12-6-5-7-14-13(12)16-9-11(3)4/h5-7H,1,3,8-9H2,2,4H3. The lowest BCUT2D eigenvalue weighted by Gasteiger charge is -2.11. The minimum Gasteiger partial charge on any atom is -0.484 e. The van der Waals surface area contributed by atoms with Crippen LogP contribution in [0.25, 0.3) is 0 Å². The minimum atomic E-state index is 0.445. The Morgan fingerprint density at radius 1 is 1.19 bits per heavy atom. The molecule has 0 fully saturated rings. The lowest BCUT2D eigenvalue weighted by Crippen LogP contribution is -2.04. The normalized spacial score (nSPS) is 9.62. The summed E-state index contributed by atoms with van der Waals surface area (Å²) in [5, 5.41) is 0. The monoisotopic (exact) mass is 219 g/mol. The highest BCUT2D eigenvalue weighted by molar-refractivity contribution is 5.33. The summed E-state index contributed by atoms with van der Waals surface area (Å²) in [5.41, 5.74) is 1.89. The highest BCUT2D eigenvalue weighted by atomic mass is 16.5. The van der Waals surface area contributed by atoms with Crippen LogP contribution in [0.2, 0.25) is 0 Å². The van der Waals surface area contributed by atoms with E-state index in [1.807, 2.05) is 19.9 Å². The first-order valence-corrected chi connectivity index (χ1v) is 5.09. The summed E-state index contributed by atoms with van der Waals surface area (Å²) in [6.45, 7) is 12.3. The van der Waals surface area contributed by atoms with E-state index in [0.29, 0.717) is 24.8 Å². The summed E-state index contributed by atoms with van der Waals surface area (Å²) >= 11 is 0. The third-order valence-corrected chi connectivity index (χ3v) is 1.67. The van der Waals surface area contributed by atoms with Crippen molar-refractivity contribution in [2.45, 2.75) is 13.8 Å². The summed E-state index contributed by atoms with van der Waals surface area (Å²) in [5.74, 6) is 1.12. The molecule has 1 aromatic heterocycles. The lowest BCUT2D eigenvalue weighted by atomic mass is 10.4. The summed E-state index contributed by atoms with van der Waals surface area (Å²) in [7, 11) is 0.